The minimum absolute atomic E-state index is 0.00619. The Balaban J connectivity index is 1.98. The van der Waals surface area contributed by atoms with Gasteiger partial charge in [0.1, 0.15) is 22.9 Å². The number of aryl methyl sites for hydroxylation is 3. The zero-order valence-electron chi connectivity index (χ0n) is 20.1. The van der Waals surface area contributed by atoms with E-state index in [2.05, 4.69) is 5.32 Å². The number of hydrogen-bond acceptors (Lipinski definition) is 5. The summed E-state index contributed by atoms with van der Waals surface area (Å²) >= 11 is 0. The lowest BCUT2D eigenvalue weighted by Gasteiger charge is -2.26. The number of rotatable bonds is 9. The molecule has 3 rings (SSSR count). The predicted molar refractivity (Wildman–Crippen MR) is 133 cm³/mol. The van der Waals surface area contributed by atoms with Crippen LogP contribution in [0.2, 0.25) is 0 Å². The van der Waals surface area contributed by atoms with Crippen LogP contribution in [0.1, 0.15) is 22.3 Å². The molecular formula is C26H30N2O5S. The third-order valence-electron chi connectivity index (χ3n) is 5.34. The zero-order chi connectivity index (χ0) is 24.9. The molecule has 34 heavy (non-hydrogen) atoms. The molecule has 8 heteroatoms. The number of anilines is 1. The van der Waals surface area contributed by atoms with Gasteiger partial charge in [0.05, 0.1) is 19.9 Å². The second kappa shape index (κ2) is 10.6. The molecule has 0 aliphatic carbocycles. The summed E-state index contributed by atoms with van der Waals surface area (Å²) < 4.78 is 39.5. The Morgan fingerprint density at radius 1 is 0.853 bits per heavy atom. The monoisotopic (exact) mass is 482 g/mol. The Kier molecular flexibility index (Phi) is 7.83. The van der Waals surface area contributed by atoms with Crippen LogP contribution in [-0.2, 0) is 21.4 Å². The van der Waals surface area contributed by atoms with E-state index in [0.29, 0.717) is 11.4 Å². The van der Waals surface area contributed by atoms with Gasteiger partial charge in [-0.3, -0.25) is 9.10 Å². The van der Waals surface area contributed by atoms with Crippen molar-refractivity contribution in [2.75, 3.05) is 25.1 Å². The summed E-state index contributed by atoms with van der Waals surface area (Å²) in [4.78, 5) is 13.0. The average molecular weight is 483 g/mol. The molecule has 0 saturated carbocycles. The maximum Gasteiger partial charge on any atom is 0.268 e. The molecule has 0 aromatic heterocycles. The van der Waals surface area contributed by atoms with Gasteiger partial charge in [0, 0.05) is 12.1 Å². The van der Waals surface area contributed by atoms with Gasteiger partial charge in [-0.05, 0) is 67.8 Å². The van der Waals surface area contributed by atoms with Gasteiger partial charge in [0.2, 0.25) is 5.91 Å². The van der Waals surface area contributed by atoms with E-state index in [4.69, 9.17) is 9.47 Å². The molecule has 0 fully saturated rings. The largest absolute Gasteiger partial charge is 0.496 e. The number of benzene rings is 3. The molecule has 0 aliphatic rings. The van der Waals surface area contributed by atoms with Crippen molar-refractivity contribution >= 4 is 21.6 Å². The maximum atomic E-state index is 13.8. The minimum atomic E-state index is -4.12. The summed E-state index contributed by atoms with van der Waals surface area (Å²) in [6.07, 6.45) is 0. The smallest absolute Gasteiger partial charge is 0.268 e. The molecule has 0 aliphatic heterocycles. The number of nitrogens with one attached hydrogen (secondary N) is 1. The van der Waals surface area contributed by atoms with Gasteiger partial charge < -0.3 is 14.8 Å². The third-order valence-corrected chi connectivity index (χ3v) is 7.13. The van der Waals surface area contributed by atoms with Crippen LogP contribution in [-0.4, -0.2) is 35.1 Å². The number of para-hydroxylation sites is 1. The van der Waals surface area contributed by atoms with Crippen LogP contribution in [0.5, 0.6) is 11.5 Å². The van der Waals surface area contributed by atoms with Crippen molar-refractivity contribution in [2.24, 2.45) is 0 Å². The van der Waals surface area contributed by atoms with Gasteiger partial charge in [0.15, 0.2) is 0 Å². The van der Waals surface area contributed by atoms with E-state index in [1.165, 1.54) is 7.11 Å². The highest BCUT2D eigenvalue weighted by atomic mass is 32.2. The van der Waals surface area contributed by atoms with Crippen molar-refractivity contribution < 1.29 is 22.7 Å². The van der Waals surface area contributed by atoms with Crippen LogP contribution in [0, 0.1) is 20.8 Å². The number of sulfonamides is 1. The van der Waals surface area contributed by atoms with Gasteiger partial charge in [-0.15, -0.1) is 0 Å². The average Bonchev–Trinajstić information content (AvgIpc) is 2.80. The molecule has 1 amide bonds. The Morgan fingerprint density at radius 3 is 2.15 bits per heavy atom. The normalized spacial score (nSPS) is 11.1. The minimum Gasteiger partial charge on any atom is -0.496 e. The van der Waals surface area contributed by atoms with Crippen molar-refractivity contribution in [2.45, 2.75) is 32.2 Å². The first-order chi connectivity index (χ1) is 16.1. The van der Waals surface area contributed by atoms with Crippen LogP contribution in [0.25, 0.3) is 0 Å². The van der Waals surface area contributed by atoms with Gasteiger partial charge in [-0.25, -0.2) is 8.42 Å². The third kappa shape index (κ3) is 5.69. The summed E-state index contributed by atoms with van der Waals surface area (Å²) in [6.45, 7) is 5.39. The molecule has 180 valence electrons. The van der Waals surface area contributed by atoms with Crippen molar-refractivity contribution in [3.8, 4) is 11.5 Å². The molecule has 0 unspecified atom stereocenters. The molecule has 1 N–H and O–H groups in total. The number of carbonyl (C=O) groups is 1. The molecule has 0 bridgehead atoms. The molecule has 3 aromatic rings. The SMILES string of the molecule is COc1ccccc1CNC(=O)CN(c1cc(C)cc(C)c1)S(=O)(=O)c1cc(C)ccc1OC. The van der Waals surface area contributed by atoms with Gasteiger partial charge in [-0.1, -0.05) is 30.3 Å². The molecule has 0 atom stereocenters. The van der Waals surface area contributed by atoms with Crippen LogP contribution < -0.4 is 19.1 Å². The fourth-order valence-corrected chi connectivity index (χ4v) is 5.39. The number of nitrogens with zero attached hydrogens (tertiary/aromatic N) is 1. The first kappa shape index (κ1) is 25.1. The lowest BCUT2D eigenvalue weighted by molar-refractivity contribution is -0.119. The van der Waals surface area contributed by atoms with E-state index < -0.39 is 22.5 Å². The molecule has 0 spiro atoms. The van der Waals surface area contributed by atoms with Crippen molar-refractivity contribution in [1.82, 2.24) is 5.32 Å². The fourth-order valence-electron chi connectivity index (χ4n) is 3.74. The Morgan fingerprint density at radius 2 is 1.50 bits per heavy atom. The number of ether oxygens (including phenoxy) is 2. The van der Waals surface area contributed by atoms with E-state index in [1.807, 2.05) is 38.1 Å². The van der Waals surface area contributed by atoms with Crippen LogP contribution in [0.3, 0.4) is 0 Å². The van der Waals surface area contributed by atoms with Crippen molar-refractivity contribution in [3.05, 3.63) is 82.9 Å². The zero-order valence-corrected chi connectivity index (χ0v) is 20.9. The summed E-state index contributed by atoms with van der Waals surface area (Å²) in [6, 6.07) is 17.7. The van der Waals surface area contributed by atoms with E-state index >= 15 is 0 Å². The van der Waals surface area contributed by atoms with Gasteiger partial charge >= 0.3 is 0 Å². The molecule has 0 radical (unpaired) electrons. The second-order valence-corrected chi connectivity index (χ2v) is 9.93. The highest BCUT2D eigenvalue weighted by Crippen LogP contribution is 2.31. The topological polar surface area (TPSA) is 84.9 Å². The quantitative estimate of drug-likeness (QED) is 0.496. The lowest BCUT2D eigenvalue weighted by Crippen LogP contribution is -2.41. The number of hydrogen-bond donors (Lipinski definition) is 1. The Bertz CT molecular complexity index is 1270. The molecule has 0 heterocycles. The van der Waals surface area contributed by atoms with E-state index in [-0.39, 0.29) is 17.2 Å². The molecule has 3 aromatic carbocycles. The van der Waals surface area contributed by atoms with E-state index in [0.717, 1.165) is 26.6 Å². The summed E-state index contributed by atoms with van der Waals surface area (Å²) in [5, 5.41) is 2.81. The highest BCUT2D eigenvalue weighted by molar-refractivity contribution is 7.93. The highest BCUT2D eigenvalue weighted by Gasteiger charge is 2.30. The van der Waals surface area contributed by atoms with Crippen molar-refractivity contribution in [3.63, 3.8) is 0 Å². The van der Waals surface area contributed by atoms with E-state index in [1.54, 1.807) is 50.4 Å². The number of carbonyl (C=O) groups excluding carboxylic acids is 1. The van der Waals surface area contributed by atoms with Gasteiger partial charge in [0.25, 0.3) is 10.0 Å². The molecule has 7 nitrogen and oxygen atoms in total. The Labute approximate surface area is 201 Å². The number of amides is 1. The standard InChI is InChI=1S/C26H30N2O5S/c1-18-10-11-24(33-5)25(15-18)34(30,31)28(22-13-19(2)12-20(3)14-22)17-26(29)27-16-21-8-6-7-9-23(21)32-4/h6-15H,16-17H2,1-5H3,(H,27,29). The van der Waals surface area contributed by atoms with Crippen LogP contribution in [0.15, 0.2) is 65.6 Å². The van der Waals surface area contributed by atoms with Crippen molar-refractivity contribution in [1.29, 1.82) is 0 Å². The van der Waals surface area contributed by atoms with Crippen LogP contribution >= 0.6 is 0 Å². The molecule has 0 saturated heterocycles. The van der Waals surface area contributed by atoms with Crippen LogP contribution in [0.4, 0.5) is 5.69 Å². The lowest BCUT2D eigenvalue weighted by atomic mass is 10.1. The summed E-state index contributed by atoms with van der Waals surface area (Å²) in [5.41, 5.74) is 3.75. The summed E-state index contributed by atoms with van der Waals surface area (Å²) in [5.74, 6) is 0.417. The predicted octanol–water partition coefficient (Wildman–Crippen LogP) is 4.14. The molecular weight excluding hydrogens is 452 g/mol. The fraction of sp³-hybridized carbons (Fsp3) is 0.269. The first-order valence-electron chi connectivity index (χ1n) is 10.8. The maximum absolute atomic E-state index is 13.8. The summed E-state index contributed by atoms with van der Waals surface area (Å²) in [7, 11) is -1.14. The second-order valence-electron chi connectivity index (χ2n) is 8.10. The first-order valence-corrected chi connectivity index (χ1v) is 12.2. The Hall–Kier alpha value is -3.52. The number of methoxy groups -OCH3 is 2. The van der Waals surface area contributed by atoms with Gasteiger partial charge in [-0.2, -0.15) is 0 Å². The van der Waals surface area contributed by atoms with E-state index in [9.17, 15) is 13.2 Å².